The predicted octanol–water partition coefficient (Wildman–Crippen LogP) is 8.86. The molecule has 0 amide bonds. The van der Waals surface area contributed by atoms with Crippen LogP contribution < -0.4 is 0 Å². The molecule has 194 valence electrons. The summed E-state index contributed by atoms with van der Waals surface area (Å²) in [5, 5.41) is 0. The Morgan fingerprint density at radius 3 is 1.42 bits per heavy atom. The van der Waals surface area contributed by atoms with Gasteiger partial charge in [0.15, 0.2) is 0 Å². The van der Waals surface area contributed by atoms with Gasteiger partial charge < -0.3 is 9.47 Å². The lowest BCUT2D eigenvalue weighted by Crippen LogP contribution is -2.16. The highest BCUT2D eigenvalue weighted by Gasteiger charge is 2.09. The number of hydrogen-bond acceptors (Lipinski definition) is 4. The average molecular weight is 467 g/mol. The molecule has 4 heteroatoms. The number of esters is 2. The lowest BCUT2D eigenvalue weighted by Gasteiger charge is -2.13. The quantitative estimate of drug-likeness (QED) is 0.0809. The Morgan fingerprint density at radius 1 is 0.576 bits per heavy atom. The van der Waals surface area contributed by atoms with Gasteiger partial charge in [-0.15, -0.1) is 0 Å². The second kappa shape index (κ2) is 25.3. The van der Waals surface area contributed by atoms with Crippen LogP contribution in [0.2, 0.25) is 0 Å². The number of carbonyl (C=O) groups is 2. The van der Waals surface area contributed by atoms with E-state index in [1.165, 1.54) is 108 Å². The first-order valence-electron chi connectivity index (χ1n) is 14.2. The van der Waals surface area contributed by atoms with Crippen molar-refractivity contribution >= 4 is 11.9 Å². The van der Waals surface area contributed by atoms with Gasteiger partial charge in [-0.2, -0.15) is 0 Å². The van der Waals surface area contributed by atoms with Crippen molar-refractivity contribution in [1.29, 1.82) is 0 Å². The summed E-state index contributed by atoms with van der Waals surface area (Å²) in [5.74, 6) is -0.933. The standard InChI is InChI=1S/C29H54O4/c1-4-7-8-9-10-11-12-13-14-15-16-17-18-19-20-21-22-26-32-28(30)24-25-29(31)33-27(6-3)23-5-2/h24-25,27H,4-23,26H2,1-3H3/b25-24+. The minimum absolute atomic E-state index is 0.0712. The SMILES string of the molecule is CCCCCCCCCCCCCCCCCCCOC(=O)/C=C/C(=O)OC(CC)CCC. The van der Waals surface area contributed by atoms with Gasteiger partial charge in [-0.25, -0.2) is 9.59 Å². The Kier molecular flexibility index (Phi) is 24.3. The van der Waals surface area contributed by atoms with Crippen LogP contribution in [0.5, 0.6) is 0 Å². The van der Waals surface area contributed by atoms with E-state index in [-0.39, 0.29) is 6.10 Å². The van der Waals surface area contributed by atoms with Crippen LogP contribution in [-0.4, -0.2) is 24.6 Å². The zero-order valence-corrected chi connectivity index (χ0v) is 22.2. The first-order valence-corrected chi connectivity index (χ1v) is 14.2. The van der Waals surface area contributed by atoms with Crippen LogP contribution in [0.15, 0.2) is 12.2 Å². The third-order valence-electron chi connectivity index (χ3n) is 6.20. The van der Waals surface area contributed by atoms with Gasteiger partial charge in [-0.1, -0.05) is 130 Å². The van der Waals surface area contributed by atoms with Gasteiger partial charge in [-0.3, -0.25) is 0 Å². The van der Waals surface area contributed by atoms with Crippen LogP contribution in [0.4, 0.5) is 0 Å². The Balaban J connectivity index is 3.38. The van der Waals surface area contributed by atoms with Crippen LogP contribution in [0.3, 0.4) is 0 Å². The molecule has 0 N–H and O–H groups in total. The second-order valence-electron chi connectivity index (χ2n) is 9.41. The molecule has 0 bridgehead atoms. The van der Waals surface area contributed by atoms with E-state index < -0.39 is 11.9 Å². The zero-order valence-electron chi connectivity index (χ0n) is 22.2. The summed E-state index contributed by atoms with van der Waals surface area (Å²) in [4.78, 5) is 23.4. The molecule has 1 atom stereocenters. The van der Waals surface area contributed by atoms with E-state index in [0.29, 0.717) is 6.61 Å². The monoisotopic (exact) mass is 466 g/mol. The van der Waals surface area contributed by atoms with E-state index >= 15 is 0 Å². The maximum absolute atomic E-state index is 11.7. The zero-order chi connectivity index (χ0) is 24.4. The molecule has 0 fully saturated rings. The molecule has 4 nitrogen and oxygen atoms in total. The van der Waals surface area contributed by atoms with Gasteiger partial charge in [0.2, 0.25) is 0 Å². The summed E-state index contributed by atoms with van der Waals surface area (Å²) < 4.78 is 10.5. The van der Waals surface area contributed by atoms with Crippen LogP contribution in [-0.2, 0) is 19.1 Å². The fraction of sp³-hybridized carbons (Fsp3) is 0.862. The molecule has 0 saturated carbocycles. The molecule has 0 rings (SSSR count). The highest BCUT2D eigenvalue weighted by atomic mass is 16.5. The summed E-state index contributed by atoms with van der Waals surface area (Å²) in [6, 6.07) is 0. The summed E-state index contributed by atoms with van der Waals surface area (Å²) >= 11 is 0. The van der Waals surface area contributed by atoms with Crippen molar-refractivity contribution in [3.63, 3.8) is 0 Å². The first-order chi connectivity index (χ1) is 16.1. The van der Waals surface area contributed by atoms with E-state index in [0.717, 1.165) is 32.1 Å². The smallest absolute Gasteiger partial charge is 0.331 e. The number of hydrogen-bond donors (Lipinski definition) is 0. The second-order valence-corrected chi connectivity index (χ2v) is 9.41. The largest absolute Gasteiger partial charge is 0.463 e. The Bertz CT molecular complexity index is 472. The normalized spacial score (nSPS) is 12.2. The van der Waals surface area contributed by atoms with Crippen molar-refractivity contribution in [2.24, 2.45) is 0 Å². The predicted molar refractivity (Wildman–Crippen MR) is 139 cm³/mol. The molecule has 0 radical (unpaired) electrons. The van der Waals surface area contributed by atoms with Gasteiger partial charge in [0, 0.05) is 12.2 Å². The number of carbonyl (C=O) groups excluding carboxylic acids is 2. The molecular formula is C29H54O4. The minimum atomic E-state index is -0.468. The average Bonchev–Trinajstić information content (AvgIpc) is 2.81. The third kappa shape index (κ3) is 23.6. The molecule has 33 heavy (non-hydrogen) atoms. The molecule has 0 aromatic rings. The van der Waals surface area contributed by atoms with Crippen molar-refractivity contribution in [2.45, 2.75) is 155 Å². The van der Waals surface area contributed by atoms with E-state index in [1.54, 1.807) is 0 Å². The molecular weight excluding hydrogens is 412 g/mol. The fourth-order valence-electron chi connectivity index (χ4n) is 4.06. The van der Waals surface area contributed by atoms with E-state index in [9.17, 15) is 9.59 Å². The molecule has 1 unspecified atom stereocenters. The van der Waals surface area contributed by atoms with Crippen molar-refractivity contribution in [3.05, 3.63) is 12.2 Å². The van der Waals surface area contributed by atoms with Gasteiger partial charge in [-0.05, 0) is 19.3 Å². The van der Waals surface area contributed by atoms with Crippen molar-refractivity contribution in [3.8, 4) is 0 Å². The number of unbranched alkanes of at least 4 members (excludes halogenated alkanes) is 16. The maximum atomic E-state index is 11.7. The lowest BCUT2D eigenvalue weighted by atomic mass is 10.0. The molecule has 0 heterocycles. The maximum Gasteiger partial charge on any atom is 0.331 e. The van der Waals surface area contributed by atoms with Crippen molar-refractivity contribution < 1.29 is 19.1 Å². The molecule has 0 saturated heterocycles. The van der Waals surface area contributed by atoms with Gasteiger partial charge in [0.1, 0.15) is 6.10 Å². The summed E-state index contributed by atoms with van der Waals surface area (Å²) in [6.45, 7) is 6.75. The van der Waals surface area contributed by atoms with Gasteiger partial charge >= 0.3 is 11.9 Å². The lowest BCUT2D eigenvalue weighted by molar-refractivity contribution is -0.144. The molecule has 0 aliphatic carbocycles. The van der Waals surface area contributed by atoms with Crippen LogP contribution >= 0.6 is 0 Å². The van der Waals surface area contributed by atoms with Crippen molar-refractivity contribution in [1.82, 2.24) is 0 Å². The number of ether oxygens (including phenoxy) is 2. The molecule has 0 aliphatic heterocycles. The van der Waals surface area contributed by atoms with E-state index in [2.05, 4.69) is 13.8 Å². The highest BCUT2D eigenvalue weighted by molar-refractivity contribution is 5.91. The van der Waals surface area contributed by atoms with Gasteiger partial charge in [0.25, 0.3) is 0 Å². The fourth-order valence-corrected chi connectivity index (χ4v) is 4.06. The highest BCUT2D eigenvalue weighted by Crippen LogP contribution is 2.14. The summed E-state index contributed by atoms with van der Waals surface area (Å²) in [7, 11) is 0. The topological polar surface area (TPSA) is 52.6 Å². The number of rotatable bonds is 24. The van der Waals surface area contributed by atoms with Crippen LogP contribution in [0.1, 0.15) is 149 Å². The Morgan fingerprint density at radius 2 is 1.00 bits per heavy atom. The summed E-state index contributed by atoms with van der Waals surface area (Å²) in [5.41, 5.74) is 0. The minimum Gasteiger partial charge on any atom is -0.463 e. The molecule has 0 aliphatic rings. The molecule has 0 aromatic carbocycles. The van der Waals surface area contributed by atoms with Crippen LogP contribution in [0.25, 0.3) is 0 Å². The first kappa shape index (κ1) is 31.7. The van der Waals surface area contributed by atoms with E-state index in [4.69, 9.17) is 9.47 Å². The summed E-state index contributed by atoms with van der Waals surface area (Å²) in [6.07, 6.45) is 27.5. The molecule has 0 aromatic heterocycles. The van der Waals surface area contributed by atoms with Gasteiger partial charge in [0.05, 0.1) is 6.61 Å². The Hall–Kier alpha value is -1.32. The molecule has 0 spiro atoms. The Labute approximate surface area is 205 Å². The van der Waals surface area contributed by atoms with E-state index in [1.807, 2.05) is 6.92 Å². The van der Waals surface area contributed by atoms with Crippen molar-refractivity contribution in [2.75, 3.05) is 6.61 Å². The third-order valence-corrected chi connectivity index (χ3v) is 6.20. The van der Waals surface area contributed by atoms with Crippen LogP contribution in [0, 0.1) is 0 Å².